The topological polar surface area (TPSA) is 95.7 Å². The van der Waals surface area contributed by atoms with Crippen LogP contribution in [0.4, 0.5) is 11.4 Å². The van der Waals surface area contributed by atoms with Crippen molar-refractivity contribution in [2.24, 2.45) is 10.1 Å². The third-order valence-electron chi connectivity index (χ3n) is 6.01. The van der Waals surface area contributed by atoms with Crippen molar-refractivity contribution in [2.45, 2.75) is 13.8 Å². The van der Waals surface area contributed by atoms with Gasteiger partial charge in [0.15, 0.2) is 18.1 Å². The maximum Gasteiger partial charge on any atom is 0.262 e. The molecule has 1 amide bonds. The van der Waals surface area contributed by atoms with E-state index in [1.165, 1.54) is 11.3 Å². The quantitative estimate of drug-likeness (QED) is 0.348. The molecule has 0 unspecified atom stereocenters. The van der Waals surface area contributed by atoms with E-state index in [9.17, 15) is 4.79 Å². The monoisotopic (exact) mass is 528 g/mol. The van der Waals surface area contributed by atoms with Crippen LogP contribution < -0.4 is 29.1 Å². The Bertz CT molecular complexity index is 1620. The van der Waals surface area contributed by atoms with Crippen molar-refractivity contribution in [3.63, 3.8) is 0 Å². The van der Waals surface area contributed by atoms with Gasteiger partial charge in [0, 0.05) is 16.5 Å². The number of nitrogens with zero attached hydrogens (tertiary/aromatic N) is 3. The second-order valence-electron chi connectivity index (χ2n) is 8.56. The van der Waals surface area contributed by atoms with E-state index < -0.39 is 0 Å². The summed E-state index contributed by atoms with van der Waals surface area (Å²) >= 11 is 1.47. The summed E-state index contributed by atoms with van der Waals surface area (Å²) in [6.07, 6.45) is 0. The minimum Gasteiger partial charge on any atom is -0.494 e. The molecule has 1 N–H and O–H groups in total. The molecule has 0 saturated carbocycles. The lowest BCUT2D eigenvalue weighted by Gasteiger charge is -2.18. The number of rotatable bonds is 6. The van der Waals surface area contributed by atoms with Gasteiger partial charge in [0.1, 0.15) is 11.5 Å². The molecule has 10 heteroatoms. The highest BCUT2D eigenvalue weighted by Gasteiger charge is 2.19. The van der Waals surface area contributed by atoms with Crippen molar-refractivity contribution < 1.29 is 23.7 Å². The summed E-state index contributed by atoms with van der Waals surface area (Å²) in [6.45, 7) is 4.71. The summed E-state index contributed by atoms with van der Waals surface area (Å²) in [5.74, 6) is 2.65. The van der Waals surface area contributed by atoms with Gasteiger partial charge in [0.2, 0.25) is 11.6 Å². The van der Waals surface area contributed by atoms with Crippen molar-refractivity contribution in [1.82, 2.24) is 4.68 Å². The highest BCUT2D eigenvalue weighted by molar-refractivity contribution is 7.07. The van der Waals surface area contributed by atoms with Crippen molar-refractivity contribution in [3.8, 4) is 34.3 Å². The van der Waals surface area contributed by atoms with E-state index >= 15 is 0 Å². The fraction of sp³-hybridized carbons (Fsp3) is 0.179. The largest absolute Gasteiger partial charge is 0.494 e. The Kier molecular flexibility index (Phi) is 6.30. The predicted octanol–water partition coefficient (Wildman–Crippen LogP) is 5.18. The first-order chi connectivity index (χ1) is 18.6. The molecule has 38 heavy (non-hydrogen) atoms. The molecule has 192 valence electrons. The van der Waals surface area contributed by atoms with Crippen LogP contribution in [-0.4, -0.2) is 36.3 Å². The Morgan fingerprint density at radius 3 is 2.68 bits per heavy atom. The van der Waals surface area contributed by atoms with E-state index in [2.05, 4.69) is 5.32 Å². The summed E-state index contributed by atoms with van der Waals surface area (Å²) in [7, 11) is 0. The average Bonchev–Trinajstić information content (AvgIpc) is 3.56. The molecule has 3 heterocycles. The number of nitrogens with one attached hydrogen (secondary N) is 1. The first-order valence-electron chi connectivity index (χ1n) is 12.1. The highest BCUT2D eigenvalue weighted by atomic mass is 32.1. The van der Waals surface area contributed by atoms with Crippen LogP contribution in [0, 0.1) is 0 Å². The van der Waals surface area contributed by atoms with Crippen LogP contribution in [-0.2, 0) is 4.79 Å². The number of thiazole rings is 1. The Morgan fingerprint density at radius 2 is 1.84 bits per heavy atom. The van der Waals surface area contributed by atoms with E-state index in [1.54, 1.807) is 0 Å². The van der Waals surface area contributed by atoms with Gasteiger partial charge < -0.3 is 24.3 Å². The molecule has 0 spiro atoms. The summed E-state index contributed by atoms with van der Waals surface area (Å²) in [6, 6.07) is 19.1. The maximum absolute atomic E-state index is 11.9. The molecule has 0 atom stereocenters. The van der Waals surface area contributed by atoms with E-state index in [0.717, 1.165) is 39.7 Å². The second kappa shape index (κ2) is 10.1. The lowest BCUT2D eigenvalue weighted by atomic mass is 10.1. The van der Waals surface area contributed by atoms with Gasteiger partial charge in [-0.3, -0.25) is 4.79 Å². The van der Waals surface area contributed by atoms with Crippen molar-refractivity contribution in [1.29, 1.82) is 0 Å². The lowest BCUT2D eigenvalue weighted by molar-refractivity contribution is -0.118. The second-order valence-corrected chi connectivity index (χ2v) is 9.39. The summed E-state index contributed by atoms with van der Waals surface area (Å²) in [5, 5.41) is 9.84. The molecular weight excluding hydrogens is 504 g/mol. The summed E-state index contributed by atoms with van der Waals surface area (Å²) < 4.78 is 23.9. The van der Waals surface area contributed by atoms with Crippen molar-refractivity contribution >= 4 is 34.3 Å². The Labute approximate surface area is 222 Å². The minimum atomic E-state index is -0.185. The molecule has 4 aromatic rings. The summed E-state index contributed by atoms with van der Waals surface area (Å²) in [4.78, 5) is 17.4. The smallest absolute Gasteiger partial charge is 0.262 e. The van der Waals surface area contributed by atoms with E-state index in [4.69, 9.17) is 29.0 Å². The number of anilines is 1. The van der Waals surface area contributed by atoms with Gasteiger partial charge in [-0.05, 0) is 74.5 Å². The maximum atomic E-state index is 11.9. The highest BCUT2D eigenvalue weighted by Crippen LogP contribution is 2.34. The zero-order valence-electron chi connectivity index (χ0n) is 20.8. The number of carbonyl (C=O) groups excluding carboxylic acids is 1. The first kappa shape index (κ1) is 23.8. The number of carbonyl (C=O) groups is 1. The van der Waals surface area contributed by atoms with E-state index in [1.807, 2.05) is 84.6 Å². The zero-order valence-corrected chi connectivity index (χ0v) is 21.6. The van der Waals surface area contributed by atoms with E-state index in [0.29, 0.717) is 28.6 Å². The Balaban J connectivity index is 1.45. The van der Waals surface area contributed by atoms with Crippen LogP contribution in [0.25, 0.3) is 11.3 Å². The number of hydrogen-bond donors (Lipinski definition) is 1. The molecule has 2 aliphatic rings. The first-order valence-corrected chi connectivity index (χ1v) is 13.0. The van der Waals surface area contributed by atoms with Gasteiger partial charge in [0.05, 0.1) is 29.4 Å². The fourth-order valence-corrected chi connectivity index (χ4v) is 4.99. The van der Waals surface area contributed by atoms with Crippen molar-refractivity contribution in [3.05, 3.63) is 76.4 Å². The Morgan fingerprint density at radius 1 is 1.03 bits per heavy atom. The van der Waals surface area contributed by atoms with Gasteiger partial charge in [0.25, 0.3) is 5.91 Å². The van der Waals surface area contributed by atoms with Crippen LogP contribution >= 0.6 is 11.3 Å². The zero-order chi connectivity index (χ0) is 26.1. The number of ether oxygens (including phenoxy) is 4. The van der Waals surface area contributed by atoms with Crippen LogP contribution in [0.2, 0.25) is 0 Å². The normalized spacial score (nSPS) is 14.6. The molecule has 3 aromatic carbocycles. The minimum absolute atomic E-state index is 0.00886. The van der Waals surface area contributed by atoms with Crippen LogP contribution in [0.3, 0.4) is 0 Å². The molecule has 0 aliphatic carbocycles. The van der Waals surface area contributed by atoms with Crippen molar-refractivity contribution in [2.75, 3.05) is 25.3 Å². The van der Waals surface area contributed by atoms with Gasteiger partial charge in [-0.15, -0.1) is 11.3 Å². The van der Waals surface area contributed by atoms with E-state index in [-0.39, 0.29) is 19.3 Å². The van der Waals surface area contributed by atoms with Crippen LogP contribution in [0.5, 0.6) is 23.0 Å². The molecule has 9 nitrogen and oxygen atoms in total. The Hall–Kier alpha value is -4.57. The molecule has 1 aromatic heterocycles. The predicted molar refractivity (Wildman–Crippen MR) is 145 cm³/mol. The summed E-state index contributed by atoms with van der Waals surface area (Å²) in [5.41, 5.74) is 4.75. The molecule has 0 bridgehead atoms. The average molecular weight is 529 g/mol. The van der Waals surface area contributed by atoms with Crippen LogP contribution in [0.15, 0.2) is 76.1 Å². The lowest BCUT2D eigenvalue weighted by Crippen LogP contribution is -2.25. The number of amides is 1. The SMILES string of the molecule is CCOc1ccc(N=c2scc(-c3ccc4c(c3)NC(=O)CO4)n2N=C(C)c2ccc3c(c2)OCO3)cc1. The third kappa shape index (κ3) is 4.73. The third-order valence-corrected chi connectivity index (χ3v) is 6.82. The number of fused-ring (bicyclic) bond motifs is 2. The molecule has 2 aliphatic heterocycles. The van der Waals surface area contributed by atoms with Gasteiger partial charge in [-0.25, -0.2) is 9.67 Å². The molecule has 0 saturated heterocycles. The van der Waals surface area contributed by atoms with Crippen LogP contribution in [0.1, 0.15) is 19.4 Å². The fourth-order valence-electron chi connectivity index (χ4n) is 4.14. The molecule has 0 fully saturated rings. The standard InChI is InChI=1S/C28H24N4O5S/c1-3-34-21-8-6-20(7-9-21)29-28-32(31-17(2)18-4-11-25-26(13-18)37-16-36-25)23(15-38-28)19-5-10-24-22(12-19)30-27(33)14-35-24/h4-13,15H,3,14,16H2,1-2H3,(H,30,33). The van der Waals surface area contributed by atoms with Gasteiger partial charge in [-0.2, -0.15) is 5.10 Å². The van der Waals surface area contributed by atoms with Gasteiger partial charge >= 0.3 is 0 Å². The number of aromatic nitrogens is 1. The number of hydrogen-bond acceptors (Lipinski definition) is 8. The molecular formula is C28H24N4O5S. The number of benzene rings is 3. The molecule has 6 rings (SSSR count). The van der Waals surface area contributed by atoms with Gasteiger partial charge in [-0.1, -0.05) is 0 Å². The molecule has 0 radical (unpaired) electrons.